The fraction of sp³-hybridized carbons (Fsp3) is 0.185. The van der Waals surface area contributed by atoms with Gasteiger partial charge in [-0.2, -0.15) is 0 Å². The van der Waals surface area contributed by atoms with Gasteiger partial charge in [-0.05, 0) is 67.9 Å². The van der Waals surface area contributed by atoms with E-state index >= 15 is 0 Å². The highest BCUT2D eigenvalue weighted by molar-refractivity contribution is 7.80. The summed E-state index contributed by atoms with van der Waals surface area (Å²) in [7, 11) is 0. The highest BCUT2D eigenvalue weighted by atomic mass is 32.1. The number of ether oxygens (including phenoxy) is 1. The zero-order chi connectivity index (χ0) is 23.4. The van der Waals surface area contributed by atoms with Crippen LogP contribution >= 0.6 is 12.2 Å². The lowest BCUT2D eigenvalue weighted by Gasteiger charge is -2.30. The Morgan fingerprint density at radius 3 is 2.42 bits per heavy atom. The summed E-state index contributed by atoms with van der Waals surface area (Å²) in [4.78, 5) is 13.3. The van der Waals surface area contributed by atoms with E-state index in [-0.39, 0.29) is 11.9 Å². The number of carbonyl (C=O) groups excluding carboxylic acids is 1. The average molecular weight is 458 g/mol. The summed E-state index contributed by atoms with van der Waals surface area (Å²) < 4.78 is 5.90. The molecule has 168 valence electrons. The first-order valence-electron chi connectivity index (χ1n) is 10.8. The predicted octanol–water partition coefficient (Wildman–Crippen LogP) is 5.31. The van der Waals surface area contributed by atoms with E-state index in [2.05, 4.69) is 22.0 Å². The van der Waals surface area contributed by atoms with Crippen molar-refractivity contribution in [3.63, 3.8) is 0 Å². The Balaban J connectivity index is 1.53. The lowest BCUT2D eigenvalue weighted by molar-refractivity contribution is -0.113. The van der Waals surface area contributed by atoms with Gasteiger partial charge >= 0.3 is 0 Å². The van der Waals surface area contributed by atoms with Crippen molar-refractivity contribution in [2.75, 3.05) is 5.32 Å². The zero-order valence-corrected chi connectivity index (χ0v) is 19.8. The Morgan fingerprint density at radius 1 is 1.00 bits per heavy atom. The number of aryl methyl sites for hydroxylation is 2. The van der Waals surface area contributed by atoms with Crippen LogP contribution in [0, 0.1) is 13.8 Å². The molecule has 0 bridgehead atoms. The molecule has 1 aliphatic rings. The quantitative estimate of drug-likeness (QED) is 0.438. The molecule has 0 unspecified atom stereocenters. The number of allylic oxidation sites excluding steroid dienone is 1. The number of hydrogen-bond donors (Lipinski definition) is 3. The second-order valence-electron chi connectivity index (χ2n) is 8.19. The monoisotopic (exact) mass is 457 g/mol. The van der Waals surface area contributed by atoms with Gasteiger partial charge in [-0.15, -0.1) is 0 Å². The van der Waals surface area contributed by atoms with Gasteiger partial charge in [-0.25, -0.2) is 0 Å². The number of hydrogen-bond acceptors (Lipinski definition) is 3. The minimum Gasteiger partial charge on any atom is -0.489 e. The van der Waals surface area contributed by atoms with E-state index in [1.54, 1.807) is 0 Å². The highest BCUT2D eigenvalue weighted by Gasteiger charge is 2.30. The normalized spacial score (nSPS) is 15.5. The molecule has 0 fully saturated rings. The fourth-order valence-electron chi connectivity index (χ4n) is 3.89. The van der Waals surface area contributed by atoms with Crippen molar-refractivity contribution in [3.8, 4) is 5.75 Å². The Labute approximate surface area is 199 Å². The second-order valence-corrected chi connectivity index (χ2v) is 8.59. The molecule has 0 spiro atoms. The van der Waals surface area contributed by atoms with E-state index in [9.17, 15) is 4.79 Å². The molecule has 5 nitrogen and oxygen atoms in total. The Hall–Kier alpha value is -3.64. The van der Waals surface area contributed by atoms with Gasteiger partial charge in [-0.3, -0.25) is 4.79 Å². The minimum absolute atomic E-state index is 0.170. The predicted molar refractivity (Wildman–Crippen MR) is 136 cm³/mol. The summed E-state index contributed by atoms with van der Waals surface area (Å²) in [6, 6.07) is 23.4. The largest absolute Gasteiger partial charge is 0.489 e. The Kier molecular flexibility index (Phi) is 6.75. The van der Waals surface area contributed by atoms with Gasteiger partial charge in [0.05, 0.1) is 11.6 Å². The number of rotatable bonds is 6. The Bertz CT molecular complexity index is 1200. The summed E-state index contributed by atoms with van der Waals surface area (Å²) in [5, 5.41) is 9.87. The van der Waals surface area contributed by atoms with Crippen LogP contribution in [0.4, 0.5) is 5.69 Å². The van der Waals surface area contributed by atoms with Crippen molar-refractivity contribution in [1.82, 2.24) is 10.6 Å². The van der Waals surface area contributed by atoms with E-state index in [0.717, 1.165) is 39.4 Å². The number of anilines is 1. The minimum atomic E-state index is -0.368. The maximum absolute atomic E-state index is 13.3. The van der Waals surface area contributed by atoms with Gasteiger partial charge < -0.3 is 20.7 Å². The highest BCUT2D eigenvalue weighted by Crippen LogP contribution is 2.29. The van der Waals surface area contributed by atoms with Crippen LogP contribution in [0.15, 0.2) is 84.1 Å². The summed E-state index contributed by atoms with van der Waals surface area (Å²) in [6.45, 7) is 6.39. The molecule has 3 N–H and O–H groups in total. The molecule has 33 heavy (non-hydrogen) atoms. The molecular formula is C27H27N3O2S. The molecule has 0 aromatic heterocycles. The van der Waals surface area contributed by atoms with Crippen LogP contribution < -0.4 is 20.7 Å². The van der Waals surface area contributed by atoms with Crippen molar-refractivity contribution in [1.29, 1.82) is 0 Å². The van der Waals surface area contributed by atoms with E-state index in [1.165, 1.54) is 0 Å². The van der Waals surface area contributed by atoms with Crippen molar-refractivity contribution < 1.29 is 9.53 Å². The first-order valence-corrected chi connectivity index (χ1v) is 11.2. The van der Waals surface area contributed by atoms with Crippen LogP contribution in [0.5, 0.6) is 5.75 Å². The number of nitrogens with one attached hydrogen (secondary N) is 3. The third-order valence-corrected chi connectivity index (χ3v) is 5.83. The number of amides is 1. The average Bonchev–Trinajstić information content (AvgIpc) is 2.80. The molecule has 1 aliphatic heterocycles. The van der Waals surface area contributed by atoms with E-state index in [4.69, 9.17) is 17.0 Å². The third kappa shape index (κ3) is 5.41. The van der Waals surface area contributed by atoms with Gasteiger partial charge in [-0.1, -0.05) is 60.2 Å². The molecule has 0 saturated carbocycles. The topological polar surface area (TPSA) is 62.4 Å². The fourth-order valence-corrected chi connectivity index (χ4v) is 4.16. The molecule has 1 atom stereocenters. The summed E-state index contributed by atoms with van der Waals surface area (Å²) in [5.74, 6) is 0.595. The summed E-state index contributed by atoms with van der Waals surface area (Å²) in [5.41, 5.74) is 6.33. The standard InChI is InChI=1S/C27H27N3O2S/c1-17-9-14-23(18(2)15-17)29-26(31)24-19(3)28-27(33)30-25(24)21-10-12-22(13-11-21)32-16-20-7-5-4-6-8-20/h4-15,25H,16H2,1-3H3,(H,29,31)(H2,28,30,33)/t25-/m0/s1. The maximum atomic E-state index is 13.3. The van der Waals surface area contributed by atoms with Crippen LogP contribution in [-0.2, 0) is 11.4 Å². The maximum Gasteiger partial charge on any atom is 0.255 e. The van der Waals surface area contributed by atoms with E-state index in [1.807, 2.05) is 87.5 Å². The van der Waals surface area contributed by atoms with Gasteiger partial charge in [0.2, 0.25) is 0 Å². The third-order valence-electron chi connectivity index (χ3n) is 5.61. The van der Waals surface area contributed by atoms with E-state index in [0.29, 0.717) is 17.3 Å². The lowest BCUT2D eigenvalue weighted by atomic mass is 9.94. The smallest absolute Gasteiger partial charge is 0.255 e. The van der Waals surface area contributed by atoms with Crippen molar-refractivity contribution >= 4 is 28.9 Å². The van der Waals surface area contributed by atoms with Crippen molar-refractivity contribution in [2.24, 2.45) is 0 Å². The van der Waals surface area contributed by atoms with Crippen LogP contribution in [0.2, 0.25) is 0 Å². The SMILES string of the molecule is CC1=C(C(=O)Nc2ccc(C)cc2C)[C@H](c2ccc(OCc3ccccc3)cc2)NC(=S)N1. The molecule has 0 aliphatic carbocycles. The molecule has 3 aromatic rings. The molecule has 0 radical (unpaired) electrons. The van der Waals surface area contributed by atoms with Crippen LogP contribution in [0.25, 0.3) is 0 Å². The molecule has 1 amide bonds. The van der Waals surface area contributed by atoms with Gasteiger partial charge in [0.1, 0.15) is 12.4 Å². The number of benzene rings is 3. The van der Waals surface area contributed by atoms with Gasteiger partial charge in [0.25, 0.3) is 5.91 Å². The van der Waals surface area contributed by atoms with Crippen molar-refractivity contribution in [3.05, 3.63) is 106 Å². The molecular weight excluding hydrogens is 430 g/mol. The second kappa shape index (κ2) is 9.88. The van der Waals surface area contributed by atoms with Crippen LogP contribution in [-0.4, -0.2) is 11.0 Å². The van der Waals surface area contributed by atoms with E-state index < -0.39 is 0 Å². The van der Waals surface area contributed by atoms with Gasteiger partial charge in [0.15, 0.2) is 5.11 Å². The van der Waals surface area contributed by atoms with Crippen LogP contribution in [0.3, 0.4) is 0 Å². The Morgan fingerprint density at radius 2 is 1.73 bits per heavy atom. The number of thiocarbonyl (C=S) groups is 1. The lowest BCUT2D eigenvalue weighted by Crippen LogP contribution is -2.45. The van der Waals surface area contributed by atoms with Gasteiger partial charge in [0, 0.05) is 11.4 Å². The molecule has 4 rings (SSSR count). The number of carbonyl (C=O) groups is 1. The molecule has 0 saturated heterocycles. The first-order chi connectivity index (χ1) is 15.9. The molecule has 1 heterocycles. The zero-order valence-electron chi connectivity index (χ0n) is 18.9. The van der Waals surface area contributed by atoms with Crippen LogP contribution in [0.1, 0.15) is 35.2 Å². The van der Waals surface area contributed by atoms with Crippen molar-refractivity contribution in [2.45, 2.75) is 33.4 Å². The summed E-state index contributed by atoms with van der Waals surface area (Å²) >= 11 is 5.37. The molecule has 6 heteroatoms. The summed E-state index contributed by atoms with van der Waals surface area (Å²) in [6.07, 6.45) is 0. The molecule has 3 aromatic carbocycles. The first kappa shape index (κ1) is 22.6.